The van der Waals surface area contributed by atoms with Crippen molar-refractivity contribution in [3.05, 3.63) is 0 Å². The van der Waals surface area contributed by atoms with Crippen molar-refractivity contribution in [3.8, 4) is 0 Å². The first-order chi connectivity index (χ1) is 6.33. The van der Waals surface area contributed by atoms with Crippen LogP contribution in [0.3, 0.4) is 0 Å². The van der Waals surface area contributed by atoms with Crippen LogP contribution in [0.5, 0.6) is 0 Å². The van der Waals surface area contributed by atoms with Gasteiger partial charge in [0, 0.05) is 11.3 Å². The van der Waals surface area contributed by atoms with Gasteiger partial charge < -0.3 is 0 Å². The Kier molecular flexibility index (Phi) is 3.20. The molecule has 0 aliphatic carbocycles. The first kappa shape index (κ1) is 9.85. The number of hydrogen-bond acceptors (Lipinski definition) is 2. The molecule has 0 aromatic rings. The lowest BCUT2D eigenvalue weighted by Gasteiger charge is -2.45. The molecule has 0 amide bonds. The third kappa shape index (κ3) is 2.04. The van der Waals surface area contributed by atoms with Gasteiger partial charge in [-0.1, -0.05) is 12.8 Å². The van der Waals surface area contributed by atoms with Gasteiger partial charge in [0.05, 0.1) is 0 Å². The van der Waals surface area contributed by atoms with Gasteiger partial charge in [-0.15, -0.1) is 0 Å². The van der Waals surface area contributed by atoms with E-state index in [4.69, 9.17) is 0 Å². The molecule has 2 aliphatic heterocycles. The van der Waals surface area contributed by atoms with Gasteiger partial charge in [-0.3, -0.25) is 4.90 Å². The number of rotatable bonds is 0. The summed E-state index contributed by atoms with van der Waals surface area (Å²) >= 11 is 2.18. The van der Waals surface area contributed by atoms with Crippen LogP contribution in [0.25, 0.3) is 0 Å². The van der Waals surface area contributed by atoms with E-state index in [1.807, 2.05) is 0 Å². The minimum Gasteiger partial charge on any atom is -0.300 e. The van der Waals surface area contributed by atoms with Crippen LogP contribution in [0, 0.1) is 0 Å². The second-order valence-corrected chi connectivity index (χ2v) is 5.72. The molecule has 0 N–H and O–H groups in total. The van der Waals surface area contributed by atoms with Crippen LogP contribution in [-0.2, 0) is 0 Å². The Balaban J connectivity index is 2.05. The van der Waals surface area contributed by atoms with E-state index in [1.165, 1.54) is 56.6 Å². The highest BCUT2D eigenvalue weighted by Crippen LogP contribution is 2.37. The van der Waals surface area contributed by atoms with Gasteiger partial charge in [0.1, 0.15) is 0 Å². The van der Waals surface area contributed by atoms with Crippen molar-refractivity contribution in [1.82, 2.24) is 4.90 Å². The van der Waals surface area contributed by atoms with E-state index in [-0.39, 0.29) is 0 Å². The highest BCUT2D eigenvalue weighted by Gasteiger charge is 2.36. The van der Waals surface area contributed by atoms with Crippen LogP contribution in [0.15, 0.2) is 0 Å². The highest BCUT2D eigenvalue weighted by molar-refractivity contribution is 7.99. The zero-order valence-electron chi connectivity index (χ0n) is 8.72. The van der Waals surface area contributed by atoms with Gasteiger partial charge in [0.15, 0.2) is 0 Å². The minimum atomic E-state index is 0.597. The summed E-state index contributed by atoms with van der Waals surface area (Å²) in [5, 5.41) is 0. The molecule has 2 saturated heterocycles. The quantitative estimate of drug-likeness (QED) is 0.590. The lowest BCUT2D eigenvalue weighted by atomic mass is 9.84. The van der Waals surface area contributed by atoms with E-state index in [0.29, 0.717) is 5.54 Å². The smallest absolute Gasteiger partial charge is 0.0296 e. The summed E-state index contributed by atoms with van der Waals surface area (Å²) in [4.78, 5) is 2.65. The molecule has 2 rings (SSSR count). The first-order valence-electron chi connectivity index (χ1n) is 5.63. The fourth-order valence-corrected chi connectivity index (χ4v) is 4.16. The maximum atomic E-state index is 2.65. The molecule has 0 radical (unpaired) electrons. The van der Waals surface area contributed by atoms with Crippen LogP contribution in [0.2, 0.25) is 0 Å². The SMILES string of the molecule is CN1CCCCC12CCCCSC2. The van der Waals surface area contributed by atoms with E-state index in [9.17, 15) is 0 Å². The largest absolute Gasteiger partial charge is 0.300 e. The van der Waals surface area contributed by atoms with E-state index < -0.39 is 0 Å². The van der Waals surface area contributed by atoms with Crippen molar-refractivity contribution in [3.63, 3.8) is 0 Å². The number of piperidine rings is 1. The molecular weight excluding hydrogens is 178 g/mol. The molecule has 0 aromatic heterocycles. The molecular formula is C11H21NS. The molecule has 1 nitrogen and oxygen atoms in total. The molecule has 1 atom stereocenters. The Morgan fingerprint density at radius 3 is 2.62 bits per heavy atom. The summed E-state index contributed by atoms with van der Waals surface area (Å²) in [5.41, 5.74) is 0.597. The Morgan fingerprint density at radius 1 is 1.08 bits per heavy atom. The highest BCUT2D eigenvalue weighted by atomic mass is 32.2. The minimum absolute atomic E-state index is 0.597. The predicted molar refractivity (Wildman–Crippen MR) is 60.4 cm³/mol. The molecule has 1 spiro atoms. The number of hydrogen-bond donors (Lipinski definition) is 0. The van der Waals surface area contributed by atoms with Gasteiger partial charge in [0.2, 0.25) is 0 Å². The Bertz CT molecular complexity index is 161. The van der Waals surface area contributed by atoms with Gasteiger partial charge >= 0.3 is 0 Å². The lowest BCUT2D eigenvalue weighted by Crippen LogP contribution is -2.51. The lowest BCUT2D eigenvalue weighted by molar-refractivity contribution is 0.0852. The topological polar surface area (TPSA) is 3.24 Å². The molecule has 0 saturated carbocycles. The van der Waals surface area contributed by atoms with E-state index >= 15 is 0 Å². The summed E-state index contributed by atoms with van der Waals surface area (Å²) in [7, 11) is 2.34. The average molecular weight is 199 g/mol. The van der Waals surface area contributed by atoms with Gasteiger partial charge in [-0.25, -0.2) is 0 Å². The van der Waals surface area contributed by atoms with Crippen LogP contribution in [-0.4, -0.2) is 35.5 Å². The Labute approximate surface area is 86.3 Å². The summed E-state index contributed by atoms with van der Waals surface area (Å²) in [6.45, 7) is 1.33. The molecule has 1 unspecified atom stereocenters. The van der Waals surface area contributed by atoms with Crippen molar-refractivity contribution in [2.75, 3.05) is 25.1 Å². The predicted octanol–water partition coefficient (Wildman–Crippen LogP) is 2.76. The van der Waals surface area contributed by atoms with Gasteiger partial charge in [-0.2, -0.15) is 11.8 Å². The Hall–Kier alpha value is 0.310. The van der Waals surface area contributed by atoms with Crippen molar-refractivity contribution >= 4 is 11.8 Å². The summed E-state index contributed by atoms with van der Waals surface area (Å²) < 4.78 is 0. The van der Waals surface area contributed by atoms with Crippen molar-refractivity contribution in [2.45, 2.75) is 44.1 Å². The molecule has 2 heterocycles. The molecule has 2 fully saturated rings. The van der Waals surface area contributed by atoms with Crippen LogP contribution < -0.4 is 0 Å². The molecule has 76 valence electrons. The van der Waals surface area contributed by atoms with Gasteiger partial charge in [0.25, 0.3) is 0 Å². The van der Waals surface area contributed by atoms with Crippen molar-refractivity contribution in [1.29, 1.82) is 0 Å². The zero-order chi connectivity index (χ0) is 9.15. The maximum Gasteiger partial charge on any atom is 0.0296 e. The Morgan fingerprint density at radius 2 is 1.85 bits per heavy atom. The fraction of sp³-hybridized carbons (Fsp3) is 1.00. The molecule has 13 heavy (non-hydrogen) atoms. The number of likely N-dealkylation sites (tertiary alicyclic amines) is 1. The fourth-order valence-electron chi connectivity index (χ4n) is 2.72. The molecule has 2 heteroatoms. The average Bonchev–Trinajstić information content (AvgIpc) is 2.37. The third-order valence-electron chi connectivity index (χ3n) is 3.75. The number of thioether (sulfide) groups is 1. The molecule has 0 aromatic carbocycles. The monoisotopic (exact) mass is 199 g/mol. The van der Waals surface area contributed by atoms with Crippen LogP contribution in [0.1, 0.15) is 38.5 Å². The normalized spacial score (nSPS) is 37.6. The van der Waals surface area contributed by atoms with Crippen LogP contribution in [0.4, 0.5) is 0 Å². The standard InChI is InChI=1S/C11H21NS/c1-12-8-4-2-6-11(12)7-3-5-9-13-10-11/h2-10H2,1H3. The summed E-state index contributed by atoms with van der Waals surface area (Å²) in [6.07, 6.45) is 8.69. The van der Waals surface area contributed by atoms with Crippen molar-refractivity contribution < 1.29 is 0 Å². The summed E-state index contributed by atoms with van der Waals surface area (Å²) in [5.74, 6) is 2.79. The van der Waals surface area contributed by atoms with E-state index in [2.05, 4.69) is 23.7 Å². The van der Waals surface area contributed by atoms with E-state index in [1.54, 1.807) is 0 Å². The van der Waals surface area contributed by atoms with Gasteiger partial charge in [-0.05, 0) is 45.0 Å². The second-order valence-electron chi connectivity index (χ2n) is 4.61. The van der Waals surface area contributed by atoms with Crippen molar-refractivity contribution in [2.24, 2.45) is 0 Å². The second kappa shape index (κ2) is 4.22. The maximum absolute atomic E-state index is 2.65. The zero-order valence-corrected chi connectivity index (χ0v) is 9.54. The van der Waals surface area contributed by atoms with Crippen LogP contribution >= 0.6 is 11.8 Å². The third-order valence-corrected chi connectivity index (χ3v) is 5.07. The first-order valence-corrected chi connectivity index (χ1v) is 6.78. The summed E-state index contributed by atoms with van der Waals surface area (Å²) in [6, 6.07) is 0. The molecule has 2 aliphatic rings. The molecule has 0 bridgehead atoms. The van der Waals surface area contributed by atoms with E-state index in [0.717, 1.165) is 0 Å². The number of nitrogens with zero attached hydrogens (tertiary/aromatic N) is 1.